The molecule has 0 radical (unpaired) electrons. The minimum Gasteiger partial charge on any atom is -0.344 e. The summed E-state index contributed by atoms with van der Waals surface area (Å²) in [6.45, 7) is 5.35. The van der Waals surface area contributed by atoms with Gasteiger partial charge in [0.2, 0.25) is 15.9 Å². The van der Waals surface area contributed by atoms with Crippen LogP contribution in [0.25, 0.3) is 11.0 Å². The van der Waals surface area contributed by atoms with Crippen LogP contribution in [0.3, 0.4) is 0 Å². The first-order chi connectivity index (χ1) is 16.1. The number of nitrogens with one attached hydrogen (secondary N) is 2. The number of rotatable bonds is 8. The molecular weight excluding hydrogens is 458 g/mol. The summed E-state index contributed by atoms with van der Waals surface area (Å²) in [5.41, 5.74) is 1.31. The van der Waals surface area contributed by atoms with Crippen molar-refractivity contribution in [2.45, 2.75) is 52.1 Å². The topological polar surface area (TPSA) is 138 Å². The molecule has 2 aromatic rings. The maximum Gasteiger partial charge on any atom is 0.272 e. The lowest BCUT2D eigenvalue weighted by molar-refractivity contribution is -0.129. The first-order valence-corrected chi connectivity index (χ1v) is 13.0. The number of hydrogen-bond acceptors (Lipinski definition) is 7. The van der Waals surface area contributed by atoms with Crippen molar-refractivity contribution in [3.8, 4) is 0 Å². The molecule has 1 aromatic carbocycles. The highest BCUT2D eigenvalue weighted by Crippen LogP contribution is 2.14. The molecule has 1 fully saturated rings. The van der Waals surface area contributed by atoms with Crippen LogP contribution in [-0.2, 0) is 19.6 Å². The molecule has 184 valence electrons. The Hall–Kier alpha value is -2.92. The van der Waals surface area contributed by atoms with Gasteiger partial charge in [-0.1, -0.05) is 26.0 Å². The minimum absolute atomic E-state index is 0.0858. The van der Waals surface area contributed by atoms with Crippen LogP contribution in [0, 0.1) is 5.92 Å². The fourth-order valence-electron chi connectivity index (χ4n) is 3.84. The van der Waals surface area contributed by atoms with Crippen molar-refractivity contribution in [1.82, 2.24) is 24.9 Å². The number of fused-ring (bicyclic) bond motifs is 1. The van der Waals surface area contributed by atoms with Crippen molar-refractivity contribution in [3.63, 3.8) is 0 Å². The Labute approximate surface area is 199 Å². The van der Waals surface area contributed by atoms with Crippen LogP contribution in [0.2, 0.25) is 0 Å². The standard InChI is InChI=1S/C23H31N5O5S/c1-4-34(32,33)28-11-7-10-18(21(29)14-28)26-22(30)19(12-15(2)3)27-23(31)20-13-24-16-8-5-6-9-17(16)25-20/h5-6,8-9,13,15,18-19H,4,7,10-12,14H2,1-3H3,(H,26,30)(H,27,31)/t18-,19?/m0/s1. The fraction of sp³-hybridized carbons (Fsp3) is 0.522. The van der Waals surface area contributed by atoms with E-state index in [1.54, 1.807) is 18.2 Å². The molecule has 1 aliphatic heterocycles. The number of carbonyl (C=O) groups excluding carboxylic acids is 3. The minimum atomic E-state index is -3.49. The van der Waals surface area contributed by atoms with Gasteiger partial charge in [0.05, 0.1) is 35.6 Å². The van der Waals surface area contributed by atoms with Crippen LogP contribution in [-0.4, -0.2) is 71.2 Å². The maximum absolute atomic E-state index is 13.1. The monoisotopic (exact) mass is 489 g/mol. The fourth-order valence-corrected chi connectivity index (χ4v) is 4.94. The molecule has 1 aromatic heterocycles. The highest BCUT2D eigenvalue weighted by molar-refractivity contribution is 7.89. The lowest BCUT2D eigenvalue weighted by atomic mass is 10.0. The van der Waals surface area contributed by atoms with Gasteiger partial charge in [-0.2, -0.15) is 4.31 Å². The van der Waals surface area contributed by atoms with Crippen molar-refractivity contribution >= 4 is 38.7 Å². The average molecular weight is 490 g/mol. The van der Waals surface area contributed by atoms with Crippen LogP contribution >= 0.6 is 0 Å². The van der Waals surface area contributed by atoms with Crippen molar-refractivity contribution in [1.29, 1.82) is 0 Å². The summed E-state index contributed by atoms with van der Waals surface area (Å²) in [6, 6.07) is 5.46. The molecule has 1 aliphatic rings. The van der Waals surface area contributed by atoms with E-state index in [0.29, 0.717) is 30.3 Å². The number of benzene rings is 1. The summed E-state index contributed by atoms with van der Waals surface area (Å²) in [5.74, 6) is -1.38. The molecule has 0 aliphatic carbocycles. The Morgan fingerprint density at radius 3 is 2.59 bits per heavy atom. The predicted molar refractivity (Wildman–Crippen MR) is 127 cm³/mol. The van der Waals surface area contributed by atoms with E-state index in [9.17, 15) is 22.8 Å². The molecule has 0 spiro atoms. The molecule has 2 amide bonds. The Morgan fingerprint density at radius 1 is 1.21 bits per heavy atom. The number of Topliss-reactive ketones (excluding diaryl/α,β-unsaturated/α-hetero) is 1. The third-order valence-corrected chi connectivity index (χ3v) is 7.53. The first-order valence-electron chi connectivity index (χ1n) is 11.4. The Morgan fingerprint density at radius 2 is 1.91 bits per heavy atom. The van der Waals surface area contributed by atoms with E-state index in [-0.39, 0.29) is 36.2 Å². The van der Waals surface area contributed by atoms with Gasteiger partial charge in [0.25, 0.3) is 5.91 Å². The van der Waals surface area contributed by atoms with Crippen molar-refractivity contribution < 1.29 is 22.8 Å². The summed E-state index contributed by atoms with van der Waals surface area (Å²) >= 11 is 0. The van der Waals surface area contributed by atoms with Crippen LogP contribution in [0.4, 0.5) is 0 Å². The smallest absolute Gasteiger partial charge is 0.272 e. The van der Waals surface area contributed by atoms with Gasteiger partial charge >= 0.3 is 0 Å². The average Bonchev–Trinajstić information content (AvgIpc) is 2.99. The highest BCUT2D eigenvalue weighted by atomic mass is 32.2. The molecule has 2 heterocycles. The van der Waals surface area contributed by atoms with Gasteiger partial charge in [-0.25, -0.2) is 13.4 Å². The van der Waals surface area contributed by atoms with E-state index in [1.165, 1.54) is 17.4 Å². The third-order valence-electron chi connectivity index (χ3n) is 5.71. The number of nitrogens with zero attached hydrogens (tertiary/aromatic N) is 3. The van der Waals surface area contributed by atoms with Gasteiger partial charge in [-0.05, 0) is 44.2 Å². The number of carbonyl (C=O) groups is 3. The van der Waals surface area contributed by atoms with Crippen molar-refractivity contribution in [2.75, 3.05) is 18.8 Å². The molecule has 3 rings (SSSR count). The Kier molecular flexibility index (Phi) is 8.32. The number of aromatic nitrogens is 2. The largest absolute Gasteiger partial charge is 0.344 e. The summed E-state index contributed by atoms with van der Waals surface area (Å²) in [5, 5.41) is 5.45. The molecule has 1 unspecified atom stereocenters. The molecule has 1 saturated heterocycles. The molecule has 2 atom stereocenters. The summed E-state index contributed by atoms with van der Waals surface area (Å²) in [7, 11) is -3.49. The van der Waals surface area contributed by atoms with Gasteiger partial charge in [0.15, 0.2) is 5.78 Å². The zero-order valence-electron chi connectivity index (χ0n) is 19.7. The summed E-state index contributed by atoms with van der Waals surface area (Å²) in [4.78, 5) is 47.2. The highest BCUT2D eigenvalue weighted by Gasteiger charge is 2.33. The quantitative estimate of drug-likeness (QED) is 0.569. The molecular formula is C23H31N5O5S. The zero-order valence-corrected chi connectivity index (χ0v) is 20.5. The van der Waals surface area contributed by atoms with Gasteiger partial charge in [-0.3, -0.25) is 19.4 Å². The molecule has 34 heavy (non-hydrogen) atoms. The summed E-state index contributed by atoms with van der Waals surface area (Å²) < 4.78 is 25.5. The number of para-hydroxylation sites is 2. The predicted octanol–water partition coefficient (Wildman–Crippen LogP) is 1.27. The summed E-state index contributed by atoms with van der Waals surface area (Å²) in [6.07, 6.45) is 2.50. The number of amides is 2. The van der Waals surface area contributed by atoms with Crippen molar-refractivity contribution in [2.24, 2.45) is 5.92 Å². The normalized spacial score (nSPS) is 18.5. The molecule has 11 heteroatoms. The van der Waals surface area contributed by atoms with E-state index < -0.39 is 33.9 Å². The molecule has 10 nitrogen and oxygen atoms in total. The zero-order chi connectivity index (χ0) is 24.9. The molecule has 0 saturated carbocycles. The maximum atomic E-state index is 13.1. The van der Waals surface area contributed by atoms with Crippen LogP contribution in [0.15, 0.2) is 30.5 Å². The van der Waals surface area contributed by atoms with Crippen LogP contribution in [0.1, 0.15) is 50.5 Å². The second-order valence-electron chi connectivity index (χ2n) is 8.80. The Bertz CT molecular complexity index is 1170. The second kappa shape index (κ2) is 11.0. The van der Waals surface area contributed by atoms with E-state index in [2.05, 4.69) is 20.6 Å². The lowest BCUT2D eigenvalue weighted by Gasteiger charge is -2.23. The van der Waals surface area contributed by atoms with Gasteiger partial charge in [-0.15, -0.1) is 0 Å². The number of sulfonamides is 1. The van der Waals surface area contributed by atoms with Crippen molar-refractivity contribution in [3.05, 3.63) is 36.2 Å². The van der Waals surface area contributed by atoms with Gasteiger partial charge in [0, 0.05) is 6.54 Å². The number of hydrogen-bond donors (Lipinski definition) is 2. The first kappa shape index (κ1) is 25.7. The second-order valence-corrected chi connectivity index (χ2v) is 11.1. The Balaban J connectivity index is 1.71. The van der Waals surface area contributed by atoms with E-state index in [0.717, 1.165) is 0 Å². The van der Waals surface area contributed by atoms with Crippen LogP contribution in [0.5, 0.6) is 0 Å². The third kappa shape index (κ3) is 6.35. The van der Waals surface area contributed by atoms with Gasteiger partial charge < -0.3 is 10.6 Å². The van der Waals surface area contributed by atoms with E-state index >= 15 is 0 Å². The number of ketones is 1. The van der Waals surface area contributed by atoms with Crippen LogP contribution < -0.4 is 10.6 Å². The van der Waals surface area contributed by atoms with E-state index in [1.807, 2.05) is 19.9 Å². The van der Waals surface area contributed by atoms with Gasteiger partial charge in [0.1, 0.15) is 11.7 Å². The molecule has 0 bridgehead atoms. The lowest BCUT2D eigenvalue weighted by Crippen LogP contribution is -2.52. The SMILES string of the molecule is CCS(=O)(=O)N1CCC[C@H](NC(=O)C(CC(C)C)NC(=O)c2cnc3ccccc3n2)C(=O)C1. The van der Waals surface area contributed by atoms with E-state index in [4.69, 9.17) is 0 Å². The molecule has 2 N–H and O–H groups in total.